The van der Waals surface area contributed by atoms with Crippen LogP contribution in [-0.2, 0) is 24.3 Å². The van der Waals surface area contributed by atoms with Gasteiger partial charge in [-0.3, -0.25) is 9.80 Å². The Balaban J connectivity index is 1.69. The van der Waals surface area contributed by atoms with Crippen LogP contribution in [0.3, 0.4) is 0 Å². The maximum Gasteiger partial charge on any atom is 0.416 e. The molecule has 2 aliphatic rings. The minimum absolute atomic E-state index is 0.0366. The molecule has 10 heteroatoms. The van der Waals surface area contributed by atoms with Crippen LogP contribution in [0.1, 0.15) is 61.3 Å². The Morgan fingerprint density at radius 3 is 1.81 bits per heavy atom. The van der Waals surface area contributed by atoms with E-state index in [1.165, 1.54) is 19.3 Å². The average Bonchev–Trinajstić information content (AvgIpc) is 2.85. The molecule has 0 radical (unpaired) electrons. The third-order valence-corrected chi connectivity index (χ3v) is 8.58. The molecule has 1 saturated heterocycles. The molecule has 0 amide bonds. The molecule has 1 aliphatic carbocycles. The highest BCUT2D eigenvalue weighted by atomic mass is 35.5. The zero-order valence-electron chi connectivity index (χ0n) is 20.5. The standard InChI is InChI=1S/C27H30Cl2F6N2/c1-25(19-7-8-23(28)24(29)16-19,37-11-9-36(10-12-37)22-5-3-2-4-6-22)17-18-13-20(26(30,31)32)15-21(14-18)27(33,34)35/h7-8,13-16,22H,2-6,9-12,17H2,1H3. The number of nitrogens with zero attached hydrogens (tertiary/aromatic N) is 2. The van der Waals surface area contributed by atoms with E-state index in [4.69, 9.17) is 23.2 Å². The summed E-state index contributed by atoms with van der Waals surface area (Å²) in [7, 11) is 0. The number of benzene rings is 2. The second-order valence-electron chi connectivity index (χ2n) is 10.3. The van der Waals surface area contributed by atoms with E-state index < -0.39 is 29.0 Å². The number of piperazine rings is 1. The van der Waals surface area contributed by atoms with Crippen molar-refractivity contribution >= 4 is 23.2 Å². The van der Waals surface area contributed by atoms with Crippen molar-refractivity contribution < 1.29 is 26.3 Å². The van der Waals surface area contributed by atoms with E-state index in [1.807, 2.05) is 6.92 Å². The first kappa shape index (κ1) is 28.5. The maximum atomic E-state index is 13.5. The minimum atomic E-state index is -4.90. The van der Waals surface area contributed by atoms with Crippen molar-refractivity contribution in [3.63, 3.8) is 0 Å². The van der Waals surface area contributed by atoms with E-state index >= 15 is 0 Å². The second-order valence-corrected chi connectivity index (χ2v) is 11.1. The monoisotopic (exact) mass is 566 g/mol. The van der Waals surface area contributed by atoms with Crippen LogP contribution >= 0.6 is 23.2 Å². The van der Waals surface area contributed by atoms with Gasteiger partial charge in [-0.15, -0.1) is 0 Å². The fraction of sp³-hybridized carbons (Fsp3) is 0.556. The van der Waals surface area contributed by atoms with Crippen LogP contribution in [0, 0.1) is 0 Å². The van der Waals surface area contributed by atoms with Gasteiger partial charge >= 0.3 is 12.4 Å². The molecule has 1 aliphatic heterocycles. The molecule has 2 aromatic rings. The van der Waals surface area contributed by atoms with Gasteiger partial charge in [-0.05, 0) is 67.6 Å². The summed E-state index contributed by atoms with van der Waals surface area (Å²) in [5, 5.41) is 0.611. The van der Waals surface area contributed by atoms with Gasteiger partial charge in [0.2, 0.25) is 0 Å². The summed E-state index contributed by atoms with van der Waals surface area (Å²) in [5.74, 6) is 0. The smallest absolute Gasteiger partial charge is 0.298 e. The minimum Gasteiger partial charge on any atom is -0.298 e. The Morgan fingerprint density at radius 2 is 1.30 bits per heavy atom. The molecule has 1 unspecified atom stereocenters. The van der Waals surface area contributed by atoms with Gasteiger partial charge in [0.25, 0.3) is 0 Å². The molecule has 0 aromatic heterocycles. The fourth-order valence-electron chi connectivity index (χ4n) is 5.77. The first-order valence-corrected chi connectivity index (χ1v) is 13.3. The maximum absolute atomic E-state index is 13.5. The lowest BCUT2D eigenvalue weighted by Crippen LogP contribution is -2.57. The van der Waals surface area contributed by atoms with Crippen molar-refractivity contribution in [2.24, 2.45) is 0 Å². The van der Waals surface area contributed by atoms with Gasteiger partial charge < -0.3 is 0 Å². The highest BCUT2D eigenvalue weighted by molar-refractivity contribution is 6.42. The van der Waals surface area contributed by atoms with Gasteiger partial charge in [-0.1, -0.05) is 48.5 Å². The van der Waals surface area contributed by atoms with Gasteiger partial charge in [-0.25, -0.2) is 0 Å². The zero-order valence-corrected chi connectivity index (χ0v) is 22.0. The normalized spacial score (nSPS) is 20.7. The van der Waals surface area contributed by atoms with Gasteiger partial charge in [0.1, 0.15) is 0 Å². The van der Waals surface area contributed by atoms with E-state index in [9.17, 15) is 26.3 Å². The van der Waals surface area contributed by atoms with Crippen LogP contribution in [0.5, 0.6) is 0 Å². The molecule has 2 nitrogen and oxygen atoms in total. The van der Waals surface area contributed by atoms with E-state index in [1.54, 1.807) is 18.2 Å². The Morgan fingerprint density at radius 1 is 0.730 bits per heavy atom. The predicted molar refractivity (Wildman–Crippen MR) is 134 cm³/mol. The number of hydrogen-bond acceptors (Lipinski definition) is 2. The lowest BCUT2D eigenvalue weighted by molar-refractivity contribution is -0.143. The number of alkyl halides is 6. The van der Waals surface area contributed by atoms with E-state index in [2.05, 4.69) is 9.80 Å². The molecular formula is C27H30Cl2F6N2. The third-order valence-electron chi connectivity index (χ3n) is 7.84. The Kier molecular flexibility index (Phi) is 8.44. The van der Waals surface area contributed by atoms with Crippen molar-refractivity contribution in [2.75, 3.05) is 26.2 Å². The van der Waals surface area contributed by atoms with Crippen LogP contribution in [0.15, 0.2) is 36.4 Å². The lowest BCUT2D eigenvalue weighted by atomic mass is 9.82. The number of hydrogen-bond donors (Lipinski definition) is 0. The van der Waals surface area contributed by atoms with Gasteiger partial charge in [0, 0.05) is 37.8 Å². The number of rotatable bonds is 5. The predicted octanol–water partition coefficient (Wildman–Crippen LogP) is 8.44. The van der Waals surface area contributed by atoms with Crippen LogP contribution in [-0.4, -0.2) is 42.0 Å². The van der Waals surface area contributed by atoms with Crippen molar-refractivity contribution in [1.82, 2.24) is 9.80 Å². The third kappa shape index (κ3) is 6.57. The van der Waals surface area contributed by atoms with Crippen LogP contribution < -0.4 is 0 Å². The topological polar surface area (TPSA) is 6.48 Å². The molecule has 204 valence electrons. The first-order valence-electron chi connectivity index (χ1n) is 12.5. The SMILES string of the molecule is CC(Cc1cc(C(F)(F)F)cc(C(F)(F)F)c1)(c1ccc(Cl)c(Cl)c1)N1CCN(C2CCCCC2)CC1. The summed E-state index contributed by atoms with van der Waals surface area (Å²) in [6.45, 7) is 4.71. The average molecular weight is 567 g/mol. The van der Waals surface area contributed by atoms with Crippen molar-refractivity contribution in [1.29, 1.82) is 0 Å². The Bertz CT molecular complexity index is 1060. The van der Waals surface area contributed by atoms with Crippen LogP contribution in [0.25, 0.3) is 0 Å². The molecule has 4 rings (SSSR count). The van der Waals surface area contributed by atoms with Crippen molar-refractivity contribution in [2.45, 2.75) is 69.4 Å². The molecule has 2 fully saturated rings. The molecular weight excluding hydrogens is 537 g/mol. The first-order chi connectivity index (χ1) is 17.3. The summed E-state index contributed by atoms with van der Waals surface area (Å²) in [4.78, 5) is 4.62. The summed E-state index contributed by atoms with van der Waals surface area (Å²) in [6, 6.07) is 7.37. The quantitative estimate of drug-likeness (QED) is 0.335. The molecule has 2 aromatic carbocycles. The van der Waals surface area contributed by atoms with E-state index in [0.717, 1.165) is 38.1 Å². The largest absolute Gasteiger partial charge is 0.416 e. The molecule has 0 spiro atoms. The molecule has 37 heavy (non-hydrogen) atoms. The molecule has 0 bridgehead atoms. The molecule has 1 atom stereocenters. The van der Waals surface area contributed by atoms with E-state index in [0.29, 0.717) is 29.7 Å². The molecule has 1 saturated carbocycles. The highest BCUT2D eigenvalue weighted by Gasteiger charge is 2.40. The van der Waals surface area contributed by atoms with Crippen molar-refractivity contribution in [3.05, 3.63) is 68.7 Å². The fourth-order valence-corrected chi connectivity index (χ4v) is 6.07. The zero-order chi connectivity index (χ0) is 27.0. The summed E-state index contributed by atoms with van der Waals surface area (Å²) in [5.41, 5.74) is -2.86. The van der Waals surface area contributed by atoms with Gasteiger partial charge in [-0.2, -0.15) is 26.3 Å². The summed E-state index contributed by atoms with van der Waals surface area (Å²) >= 11 is 12.4. The molecule has 1 heterocycles. The van der Waals surface area contributed by atoms with Crippen molar-refractivity contribution in [3.8, 4) is 0 Å². The Labute approximate surface area is 223 Å². The summed E-state index contributed by atoms with van der Waals surface area (Å²) < 4.78 is 81.3. The lowest BCUT2D eigenvalue weighted by Gasteiger charge is -2.48. The highest BCUT2D eigenvalue weighted by Crippen LogP contribution is 2.41. The summed E-state index contributed by atoms with van der Waals surface area (Å²) in [6.07, 6.45) is -3.86. The van der Waals surface area contributed by atoms with Crippen LogP contribution in [0.4, 0.5) is 26.3 Å². The van der Waals surface area contributed by atoms with E-state index in [-0.39, 0.29) is 23.1 Å². The number of halogens is 8. The molecule has 0 N–H and O–H groups in total. The second kappa shape index (κ2) is 10.9. The van der Waals surface area contributed by atoms with Gasteiger partial charge in [0.15, 0.2) is 0 Å². The Hall–Kier alpha value is -1.48. The van der Waals surface area contributed by atoms with Gasteiger partial charge in [0.05, 0.1) is 21.2 Å². The van der Waals surface area contributed by atoms with Crippen LogP contribution in [0.2, 0.25) is 10.0 Å².